The van der Waals surface area contributed by atoms with Crippen molar-refractivity contribution in [1.82, 2.24) is 15.2 Å². The number of aromatic nitrogens is 1. The molecule has 1 saturated heterocycles. The number of carbonyl (C=O) groups is 1. The van der Waals surface area contributed by atoms with Crippen LogP contribution in [0.15, 0.2) is 48.5 Å². The molecule has 1 atom stereocenters. The number of fused-ring (bicyclic) bond motifs is 2. The van der Waals surface area contributed by atoms with E-state index in [9.17, 15) is 4.79 Å². The Kier molecular flexibility index (Phi) is 4.24. The lowest BCUT2D eigenvalue weighted by Crippen LogP contribution is -2.46. The van der Waals surface area contributed by atoms with Crippen molar-refractivity contribution < 1.29 is 4.79 Å². The van der Waals surface area contributed by atoms with E-state index in [1.54, 1.807) is 0 Å². The summed E-state index contributed by atoms with van der Waals surface area (Å²) < 4.78 is 0. The molecule has 3 aromatic rings. The van der Waals surface area contributed by atoms with Gasteiger partial charge in [-0.25, -0.2) is 4.98 Å². The number of hydrogen-bond acceptors (Lipinski definition) is 4. The van der Waals surface area contributed by atoms with Gasteiger partial charge in [0.25, 0.3) is 5.91 Å². The highest BCUT2D eigenvalue weighted by molar-refractivity contribution is 5.99. The Bertz CT molecular complexity index is 1060. The Hall–Kier alpha value is -2.92. The van der Waals surface area contributed by atoms with Crippen LogP contribution in [-0.2, 0) is 6.54 Å². The molecule has 0 radical (unpaired) electrons. The number of carbonyl (C=O) groups excluding carboxylic acids is 1. The maximum Gasteiger partial charge on any atom is 0.254 e. The number of benzene rings is 2. The molecule has 1 amide bonds. The van der Waals surface area contributed by atoms with Crippen LogP contribution in [0.1, 0.15) is 28.8 Å². The Balaban J connectivity index is 1.51. The summed E-state index contributed by atoms with van der Waals surface area (Å²) in [7, 11) is 1.90. The minimum absolute atomic E-state index is 0.164. The van der Waals surface area contributed by atoms with E-state index in [0.717, 1.165) is 64.9 Å². The van der Waals surface area contributed by atoms with Crippen molar-refractivity contribution >= 4 is 22.5 Å². The van der Waals surface area contributed by atoms with Gasteiger partial charge in [0, 0.05) is 42.7 Å². The zero-order valence-electron chi connectivity index (χ0n) is 16.0. The van der Waals surface area contributed by atoms with Crippen molar-refractivity contribution in [2.45, 2.75) is 25.4 Å². The normalized spacial score (nSPS) is 19.1. The Labute approximate surface area is 164 Å². The smallest absolute Gasteiger partial charge is 0.254 e. The van der Waals surface area contributed by atoms with Gasteiger partial charge in [0.15, 0.2) is 0 Å². The van der Waals surface area contributed by atoms with Crippen LogP contribution in [-0.4, -0.2) is 42.0 Å². The van der Waals surface area contributed by atoms with E-state index in [2.05, 4.69) is 34.9 Å². The first-order valence-corrected chi connectivity index (χ1v) is 9.97. The highest BCUT2D eigenvalue weighted by Gasteiger charge is 2.33. The predicted octanol–water partition coefficient (Wildman–Crippen LogP) is 3.65. The lowest BCUT2D eigenvalue weighted by atomic mass is 10.0. The molecule has 28 heavy (non-hydrogen) atoms. The van der Waals surface area contributed by atoms with Gasteiger partial charge in [-0.05, 0) is 48.5 Å². The van der Waals surface area contributed by atoms with Gasteiger partial charge in [0.2, 0.25) is 0 Å². The van der Waals surface area contributed by atoms with Crippen molar-refractivity contribution in [3.05, 3.63) is 59.7 Å². The highest BCUT2D eigenvalue weighted by atomic mass is 16.2. The van der Waals surface area contributed by atoms with Crippen LogP contribution in [0.2, 0.25) is 0 Å². The molecule has 5 heteroatoms. The summed E-state index contributed by atoms with van der Waals surface area (Å²) in [5.74, 6) is 1.04. The first-order valence-electron chi connectivity index (χ1n) is 9.97. The maximum absolute atomic E-state index is 12.9. The second-order valence-corrected chi connectivity index (χ2v) is 7.63. The fourth-order valence-corrected chi connectivity index (χ4v) is 4.43. The second kappa shape index (κ2) is 6.91. The van der Waals surface area contributed by atoms with Gasteiger partial charge in [-0.3, -0.25) is 4.79 Å². The number of piperidine rings is 1. The molecule has 3 heterocycles. The van der Waals surface area contributed by atoms with Crippen LogP contribution >= 0.6 is 0 Å². The summed E-state index contributed by atoms with van der Waals surface area (Å²) in [6.45, 7) is 2.64. The third-order valence-corrected chi connectivity index (χ3v) is 5.92. The average Bonchev–Trinajstić information content (AvgIpc) is 3.09. The van der Waals surface area contributed by atoms with Crippen LogP contribution in [0.3, 0.4) is 0 Å². The third-order valence-electron chi connectivity index (χ3n) is 5.92. The molecule has 2 aliphatic heterocycles. The second-order valence-electron chi connectivity index (χ2n) is 7.63. The number of amides is 1. The van der Waals surface area contributed by atoms with Crippen molar-refractivity contribution in [3.63, 3.8) is 0 Å². The van der Waals surface area contributed by atoms with Crippen LogP contribution in [0.25, 0.3) is 22.0 Å². The fourth-order valence-electron chi connectivity index (χ4n) is 4.43. The number of anilines is 1. The molecule has 0 saturated carbocycles. The minimum atomic E-state index is 0.164. The Morgan fingerprint density at radius 1 is 1.18 bits per heavy atom. The maximum atomic E-state index is 12.9. The number of rotatable bonds is 3. The Morgan fingerprint density at radius 3 is 2.89 bits per heavy atom. The van der Waals surface area contributed by atoms with E-state index in [-0.39, 0.29) is 5.91 Å². The Morgan fingerprint density at radius 2 is 2.07 bits per heavy atom. The standard InChI is InChI=1S/C23H24N4O/c1-24-22-19-7-3-2-5-15(19)12-21(26-22)16-8-9-20-17(11-16)14-27(23(20)28)18-6-4-10-25-13-18/h2-3,5,7-9,11-12,18,25H,4,6,10,13-14H2,1H3,(H,24,26). The van der Waals surface area contributed by atoms with Gasteiger partial charge in [0.1, 0.15) is 5.82 Å². The van der Waals surface area contributed by atoms with E-state index >= 15 is 0 Å². The first kappa shape index (κ1) is 17.2. The molecule has 1 fully saturated rings. The van der Waals surface area contributed by atoms with E-state index < -0.39 is 0 Å². The lowest BCUT2D eigenvalue weighted by molar-refractivity contribution is 0.0674. The van der Waals surface area contributed by atoms with E-state index in [1.165, 1.54) is 0 Å². The summed E-state index contributed by atoms with van der Waals surface area (Å²) in [4.78, 5) is 19.8. The van der Waals surface area contributed by atoms with Gasteiger partial charge in [0.05, 0.1) is 5.69 Å². The molecule has 2 aromatic carbocycles. The van der Waals surface area contributed by atoms with E-state index in [4.69, 9.17) is 4.98 Å². The molecular weight excluding hydrogens is 348 g/mol. The monoisotopic (exact) mass is 372 g/mol. The zero-order valence-corrected chi connectivity index (χ0v) is 16.0. The fraction of sp³-hybridized carbons (Fsp3) is 0.304. The van der Waals surface area contributed by atoms with E-state index in [0.29, 0.717) is 12.6 Å². The van der Waals surface area contributed by atoms with Gasteiger partial charge in [-0.2, -0.15) is 0 Å². The average molecular weight is 372 g/mol. The molecule has 1 aromatic heterocycles. The minimum Gasteiger partial charge on any atom is -0.373 e. The van der Waals surface area contributed by atoms with Crippen LogP contribution < -0.4 is 10.6 Å². The molecule has 5 rings (SSSR count). The van der Waals surface area contributed by atoms with Gasteiger partial charge in [-0.15, -0.1) is 0 Å². The first-order chi connectivity index (χ1) is 13.7. The van der Waals surface area contributed by atoms with Gasteiger partial charge >= 0.3 is 0 Å². The molecule has 0 aliphatic carbocycles. The SMILES string of the molecule is CNc1nc(-c2ccc3c(c2)CN(C2CCCNC2)C3=O)cc2ccccc12. The van der Waals surface area contributed by atoms with Gasteiger partial charge < -0.3 is 15.5 Å². The highest BCUT2D eigenvalue weighted by Crippen LogP contribution is 2.32. The summed E-state index contributed by atoms with van der Waals surface area (Å²) in [6.07, 6.45) is 2.21. The molecule has 2 N–H and O–H groups in total. The van der Waals surface area contributed by atoms with Crippen LogP contribution in [0, 0.1) is 0 Å². The zero-order chi connectivity index (χ0) is 19.1. The lowest BCUT2D eigenvalue weighted by Gasteiger charge is -2.31. The van der Waals surface area contributed by atoms with Gasteiger partial charge in [-0.1, -0.05) is 30.3 Å². The topological polar surface area (TPSA) is 57.3 Å². The predicted molar refractivity (Wildman–Crippen MR) is 112 cm³/mol. The van der Waals surface area contributed by atoms with E-state index in [1.807, 2.05) is 36.2 Å². The molecule has 2 aliphatic rings. The number of hydrogen-bond donors (Lipinski definition) is 2. The number of pyridine rings is 1. The summed E-state index contributed by atoms with van der Waals surface area (Å²) in [5.41, 5.74) is 3.92. The molecule has 142 valence electrons. The summed E-state index contributed by atoms with van der Waals surface area (Å²) in [6, 6.07) is 16.8. The molecule has 0 spiro atoms. The van der Waals surface area contributed by atoms with Crippen molar-refractivity contribution in [2.24, 2.45) is 0 Å². The summed E-state index contributed by atoms with van der Waals surface area (Å²) in [5, 5.41) is 8.89. The number of nitrogens with zero attached hydrogens (tertiary/aromatic N) is 2. The summed E-state index contributed by atoms with van der Waals surface area (Å²) >= 11 is 0. The van der Waals surface area contributed by atoms with Crippen molar-refractivity contribution in [3.8, 4) is 11.3 Å². The molecule has 0 bridgehead atoms. The van der Waals surface area contributed by atoms with Crippen LogP contribution in [0.4, 0.5) is 5.82 Å². The third kappa shape index (κ3) is 2.83. The van der Waals surface area contributed by atoms with Crippen molar-refractivity contribution in [1.29, 1.82) is 0 Å². The molecule has 5 nitrogen and oxygen atoms in total. The quantitative estimate of drug-likeness (QED) is 0.737. The largest absolute Gasteiger partial charge is 0.373 e. The molecule has 1 unspecified atom stereocenters. The van der Waals surface area contributed by atoms with Crippen LogP contribution in [0.5, 0.6) is 0 Å². The molecular formula is C23H24N4O. The number of nitrogens with one attached hydrogen (secondary N) is 2. The van der Waals surface area contributed by atoms with Crippen molar-refractivity contribution in [2.75, 3.05) is 25.5 Å².